The molecule has 0 unspecified atom stereocenters. The molecule has 0 saturated carbocycles. The van der Waals surface area contributed by atoms with Gasteiger partial charge in [-0.05, 0) is 18.6 Å². The van der Waals surface area contributed by atoms with Crippen molar-refractivity contribution in [3.63, 3.8) is 0 Å². The number of hydrogen-bond acceptors (Lipinski definition) is 3. The van der Waals surface area contributed by atoms with E-state index >= 15 is 0 Å². The summed E-state index contributed by atoms with van der Waals surface area (Å²) in [5.74, 6) is -1.35. The molecule has 88 valence electrons. The smallest absolute Gasteiger partial charge is 0.331 e. The van der Waals surface area contributed by atoms with E-state index in [1.54, 1.807) is 24.5 Å². The first kappa shape index (κ1) is 10.6. The third kappa shape index (κ3) is 1.48. The number of rotatable bonds is 1. The summed E-state index contributed by atoms with van der Waals surface area (Å²) >= 11 is 0. The van der Waals surface area contributed by atoms with E-state index in [0.717, 1.165) is 5.57 Å². The van der Waals surface area contributed by atoms with E-state index in [9.17, 15) is 9.59 Å². The van der Waals surface area contributed by atoms with E-state index in [1.165, 1.54) is 6.08 Å². The molecule has 0 radical (unpaired) electrons. The summed E-state index contributed by atoms with van der Waals surface area (Å²) in [5.41, 5.74) is 2.64. The highest BCUT2D eigenvalue weighted by molar-refractivity contribution is 6.37. The molecule has 0 spiro atoms. The molecule has 3 rings (SSSR count). The quantitative estimate of drug-likeness (QED) is 0.806. The molecule has 1 aromatic rings. The summed E-state index contributed by atoms with van der Waals surface area (Å²) < 4.78 is 0. The maximum Gasteiger partial charge on any atom is 0.331 e. The molecule has 0 fully saturated rings. The summed E-state index contributed by atoms with van der Waals surface area (Å²) in [5, 5.41) is 8.94. The lowest BCUT2D eigenvalue weighted by Gasteiger charge is -2.19. The SMILES string of the molecule is O=C(O)C1=CC2=NC(=O)c3ccncc3C2=CC1. The number of amides is 1. The minimum atomic E-state index is -0.988. The average molecular weight is 240 g/mol. The Labute approximate surface area is 102 Å². The zero-order chi connectivity index (χ0) is 12.7. The number of carbonyl (C=O) groups excluding carboxylic acids is 1. The van der Waals surface area contributed by atoms with Crippen LogP contribution >= 0.6 is 0 Å². The van der Waals surface area contributed by atoms with Crippen molar-refractivity contribution >= 4 is 23.2 Å². The Morgan fingerprint density at radius 1 is 1.33 bits per heavy atom. The summed E-state index contributed by atoms with van der Waals surface area (Å²) in [7, 11) is 0. The molecular formula is C13H8N2O3. The van der Waals surface area contributed by atoms with Crippen molar-refractivity contribution in [1.29, 1.82) is 0 Å². The number of carboxylic acid groups (broad SMARTS) is 1. The van der Waals surface area contributed by atoms with Gasteiger partial charge in [-0.1, -0.05) is 6.08 Å². The fourth-order valence-corrected chi connectivity index (χ4v) is 2.07. The number of aromatic nitrogens is 1. The van der Waals surface area contributed by atoms with Crippen LogP contribution in [0.15, 0.2) is 41.2 Å². The lowest BCUT2D eigenvalue weighted by molar-refractivity contribution is -0.132. The zero-order valence-electron chi connectivity index (χ0n) is 9.25. The summed E-state index contributed by atoms with van der Waals surface area (Å²) in [6.07, 6.45) is 6.69. The third-order valence-electron chi connectivity index (χ3n) is 2.95. The maximum absolute atomic E-state index is 11.8. The number of aliphatic imine (C=N–C) groups is 1. The predicted octanol–water partition coefficient (Wildman–Crippen LogP) is 1.47. The van der Waals surface area contributed by atoms with E-state index in [2.05, 4.69) is 9.98 Å². The van der Waals surface area contributed by atoms with Gasteiger partial charge in [0.15, 0.2) is 0 Å². The van der Waals surface area contributed by atoms with Gasteiger partial charge in [-0.2, -0.15) is 0 Å². The molecule has 1 N–H and O–H groups in total. The van der Waals surface area contributed by atoms with Crippen LogP contribution < -0.4 is 0 Å². The van der Waals surface area contributed by atoms with Gasteiger partial charge in [-0.25, -0.2) is 9.79 Å². The molecule has 2 aliphatic rings. The van der Waals surface area contributed by atoms with Crippen LogP contribution in [0.5, 0.6) is 0 Å². The summed E-state index contributed by atoms with van der Waals surface area (Å²) in [6.45, 7) is 0. The van der Waals surface area contributed by atoms with E-state index in [1.807, 2.05) is 0 Å². The van der Waals surface area contributed by atoms with Crippen molar-refractivity contribution in [3.8, 4) is 0 Å². The number of nitrogens with zero attached hydrogens (tertiary/aromatic N) is 2. The normalized spacial score (nSPS) is 17.1. The second-order valence-corrected chi connectivity index (χ2v) is 4.02. The number of hydrogen-bond donors (Lipinski definition) is 1. The molecule has 1 amide bonds. The third-order valence-corrected chi connectivity index (χ3v) is 2.95. The van der Waals surface area contributed by atoms with Crippen LogP contribution in [0, 0.1) is 0 Å². The standard InChI is InChI=1S/C13H8N2O3/c16-12-9-3-4-14-6-10(9)8-2-1-7(13(17)18)5-11(8)15-12/h2-6H,1H2,(H,17,18). The van der Waals surface area contributed by atoms with E-state index < -0.39 is 5.97 Å². The Kier molecular flexibility index (Phi) is 2.19. The van der Waals surface area contributed by atoms with Gasteiger partial charge in [0.05, 0.1) is 11.3 Å². The van der Waals surface area contributed by atoms with E-state index in [0.29, 0.717) is 23.3 Å². The lowest BCUT2D eigenvalue weighted by Crippen LogP contribution is -2.18. The van der Waals surface area contributed by atoms with Crippen molar-refractivity contribution in [2.24, 2.45) is 4.99 Å². The number of aliphatic carboxylic acids is 1. The highest BCUT2D eigenvalue weighted by atomic mass is 16.4. The molecule has 5 nitrogen and oxygen atoms in total. The summed E-state index contributed by atoms with van der Waals surface area (Å²) in [6, 6.07) is 1.62. The highest BCUT2D eigenvalue weighted by Crippen LogP contribution is 2.30. The maximum atomic E-state index is 11.8. The molecule has 1 aliphatic heterocycles. The van der Waals surface area contributed by atoms with Gasteiger partial charge in [-0.3, -0.25) is 9.78 Å². The van der Waals surface area contributed by atoms with E-state index in [4.69, 9.17) is 5.11 Å². The molecule has 1 aliphatic carbocycles. The van der Waals surface area contributed by atoms with E-state index in [-0.39, 0.29) is 11.5 Å². The summed E-state index contributed by atoms with van der Waals surface area (Å²) in [4.78, 5) is 30.6. The molecule has 2 heterocycles. The Morgan fingerprint density at radius 3 is 2.94 bits per heavy atom. The van der Waals surface area contributed by atoms with Gasteiger partial charge in [0.25, 0.3) is 5.91 Å². The van der Waals surface area contributed by atoms with Crippen LogP contribution in [-0.4, -0.2) is 27.7 Å². The van der Waals surface area contributed by atoms with Crippen molar-refractivity contribution in [2.45, 2.75) is 6.42 Å². The van der Waals surface area contributed by atoms with Crippen molar-refractivity contribution in [3.05, 3.63) is 47.3 Å². The number of pyridine rings is 1. The Bertz CT molecular complexity index is 669. The van der Waals surface area contributed by atoms with Crippen LogP contribution in [-0.2, 0) is 4.79 Å². The minimum Gasteiger partial charge on any atom is -0.478 e. The van der Waals surface area contributed by atoms with Gasteiger partial charge < -0.3 is 5.11 Å². The van der Waals surface area contributed by atoms with Crippen LogP contribution in [0.1, 0.15) is 22.3 Å². The van der Waals surface area contributed by atoms with Crippen LogP contribution in [0.3, 0.4) is 0 Å². The Balaban J connectivity index is 2.15. The van der Waals surface area contributed by atoms with Gasteiger partial charge in [0.2, 0.25) is 0 Å². The van der Waals surface area contributed by atoms with Crippen molar-refractivity contribution in [2.75, 3.05) is 0 Å². The second kappa shape index (κ2) is 3.73. The first-order valence-electron chi connectivity index (χ1n) is 5.38. The van der Waals surface area contributed by atoms with Crippen LogP contribution in [0.4, 0.5) is 0 Å². The predicted molar refractivity (Wildman–Crippen MR) is 64.3 cm³/mol. The molecule has 0 bridgehead atoms. The largest absolute Gasteiger partial charge is 0.478 e. The first-order valence-corrected chi connectivity index (χ1v) is 5.38. The zero-order valence-corrected chi connectivity index (χ0v) is 9.25. The average Bonchev–Trinajstić information content (AvgIpc) is 2.38. The van der Waals surface area contributed by atoms with Crippen molar-refractivity contribution < 1.29 is 14.7 Å². The second-order valence-electron chi connectivity index (χ2n) is 4.02. The highest BCUT2D eigenvalue weighted by Gasteiger charge is 2.26. The monoisotopic (exact) mass is 240 g/mol. The molecule has 0 saturated heterocycles. The number of carboxylic acids is 1. The van der Waals surface area contributed by atoms with Crippen LogP contribution in [0.25, 0.3) is 5.57 Å². The fraction of sp³-hybridized carbons (Fsp3) is 0.0769. The van der Waals surface area contributed by atoms with Gasteiger partial charge in [-0.15, -0.1) is 0 Å². The lowest BCUT2D eigenvalue weighted by atomic mass is 9.88. The first-order chi connectivity index (χ1) is 8.66. The number of carbonyl (C=O) groups is 2. The molecular weight excluding hydrogens is 232 g/mol. The Morgan fingerprint density at radius 2 is 2.17 bits per heavy atom. The molecule has 0 atom stereocenters. The van der Waals surface area contributed by atoms with Gasteiger partial charge in [0.1, 0.15) is 0 Å². The topological polar surface area (TPSA) is 79.6 Å². The molecule has 1 aromatic heterocycles. The van der Waals surface area contributed by atoms with Gasteiger partial charge >= 0.3 is 5.97 Å². The van der Waals surface area contributed by atoms with Gasteiger partial charge in [0, 0.05) is 29.1 Å². The van der Waals surface area contributed by atoms with Crippen LogP contribution in [0.2, 0.25) is 0 Å². The molecule has 5 heteroatoms. The fourth-order valence-electron chi connectivity index (χ4n) is 2.07. The number of fused-ring (bicyclic) bond motifs is 3. The van der Waals surface area contributed by atoms with Crippen molar-refractivity contribution in [1.82, 2.24) is 4.98 Å². The Hall–Kier alpha value is -2.56. The minimum absolute atomic E-state index is 0.234. The molecule has 0 aromatic carbocycles. The number of allylic oxidation sites excluding steroid dienone is 3. The molecule has 18 heavy (non-hydrogen) atoms.